The van der Waals surface area contributed by atoms with Gasteiger partial charge in [-0.05, 0) is 54.6 Å². The Balaban J connectivity index is 1.50. The summed E-state index contributed by atoms with van der Waals surface area (Å²) in [5.74, 6) is 2.49. The predicted molar refractivity (Wildman–Crippen MR) is 138 cm³/mol. The molecule has 1 aromatic heterocycles. The van der Waals surface area contributed by atoms with E-state index in [2.05, 4.69) is 22.2 Å². The number of halogens is 3. The molecule has 1 aliphatic heterocycles. The fourth-order valence-corrected chi connectivity index (χ4v) is 4.53. The number of anilines is 3. The van der Waals surface area contributed by atoms with E-state index in [1.54, 1.807) is 7.11 Å². The Morgan fingerprint density at radius 2 is 1.54 bits per heavy atom. The summed E-state index contributed by atoms with van der Waals surface area (Å²) < 4.78 is 46.3. The molecule has 4 aromatic rings. The smallest absolute Gasteiger partial charge is 0.416 e. The lowest BCUT2D eigenvalue weighted by molar-refractivity contribution is -0.137. The highest BCUT2D eigenvalue weighted by molar-refractivity contribution is 5.68. The third kappa shape index (κ3) is 5.56. The lowest BCUT2D eigenvalue weighted by Gasteiger charge is -2.34. The Bertz CT molecular complexity index is 1340. The molecule has 0 saturated heterocycles. The molecule has 0 saturated carbocycles. The van der Waals surface area contributed by atoms with E-state index in [-0.39, 0.29) is 0 Å². The molecule has 5 rings (SSSR count). The van der Waals surface area contributed by atoms with Gasteiger partial charge in [-0.3, -0.25) is 4.90 Å². The number of ether oxygens (including phenoxy) is 1. The minimum atomic E-state index is -4.37. The van der Waals surface area contributed by atoms with Crippen molar-refractivity contribution < 1.29 is 17.9 Å². The van der Waals surface area contributed by atoms with Crippen LogP contribution in [0.2, 0.25) is 0 Å². The average Bonchev–Trinajstić information content (AvgIpc) is 3.21. The standard InChI is InChI=1S/C28H28F3N5O/c1-34-18-25-26(32-23-6-4-3-5-7-23)36(17-21-8-12-22(13-9-21)28(29,30)31)33-27(25)35(19-34)16-20-10-14-24(37-2)15-11-20/h3-15,32H,16-19H2,1-2H3. The van der Waals surface area contributed by atoms with Gasteiger partial charge in [0.1, 0.15) is 11.6 Å². The first-order valence-corrected chi connectivity index (χ1v) is 11.9. The Kier molecular flexibility index (Phi) is 6.80. The molecule has 0 fully saturated rings. The highest BCUT2D eigenvalue weighted by Gasteiger charge is 2.31. The number of para-hydroxylation sites is 1. The molecule has 0 aliphatic carbocycles. The first-order chi connectivity index (χ1) is 17.8. The van der Waals surface area contributed by atoms with E-state index in [1.165, 1.54) is 12.1 Å². The Morgan fingerprint density at radius 1 is 0.892 bits per heavy atom. The molecule has 9 heteroatoms. The normalized spacial score (nSPS) is 13.9. The van der Waals surface area contributed by atoms with Crippen LogP contribution in [0.1, 0.15) is 22.3 Å². The maximum Gasteiger partial charge on any atom is 0.416 e. The van der Waals surface area contributed by atoms with Crippen molar-refractivity contribution in [2.24, 2.45) is 0 Å². The molecule has 0 amide bonds. The van der Waals surface area contributed by atoms with Gasteiger partial charge in [0.2, 0.25) is 0 Å². The number of hydrogen-bond donors (Lipinski definition) is 1. The highest BCUT2D eigenvalue weighted by atomic mass is 19.4. The molecule has 192 valence electrons. The van der Waals surface area contributed by atoms with E-state index in [0.717, 1.165) is 51.9 Å². The van der Waals surface area contributed by atoms with Crippen molar-refractivity contribution in [3.05, 3.63) is 101 Å². The number of nitrogens with zero attached hydrogens (tertiary/aromatic N) is 4. The second-order valence-electron chi connectivity index (χ2n) is 9.20. The van der Waals surface area contributed by atoms with Gasteiger partial charge in [-0.2, -0.15) is 18.3 Å². The van der Waals surface area contributed by atoms with Crippen LogP contribution in [0.25, 0.3) is 0 Å². The number of rotatable bonds is 7. The van der Waals surface area contributed by atoms with Crippen LogP contribution >= 0.6 is 0 Å². The summed E-state index contributed by atoms with van der Waals surface area (Å²) >= 11 is 0. The molecule has 1 aliphatic rings. The van der Waals surface area contributed by atoms with Gasteiger partial charge in [-0.15, -0.1) is 0 Å². The first-order valence-electron chi connectivity index (χ1n) is 11.9. The number of alkyl halides is 3. The Labute approximate surface area is 213 Å². The van der Waals surface area contributed by atoms with Crippen LogP contribution in [0, 0.1) is 0 Å². The quantitative estimate of drug-likeness (QED) is 0.327. The number of nitrogens with one attached hydrogen (secondary N) is 1. The second kappa shape index (κ2) is 10.2. The zero-order valence-electron chi connectivity index (χ0n) is 20.7. The summed E-state index contributed by atoms with van der Waals surface area (Å²) in [6.07, 6.45) is -4.37. The molecule has 0 unspecified atom stereocenters. The Hall–Kier alpha value is -3.98. The number of methoxy groups -OCH3 is 1. The van der Waals surface area contributed by atoms with Crippen molar-refractivity contribution in [1.82, 2.24) is 14.7 Å². The van der Waals surface area contributed by atoms with Crippen LogP contribution in [-0.2, 0) is 25.8 Å². The van der Waals surface area contributed by atoms with Gasteiger partial charge < -0.3 is 15.0 Å². The van der Waals surface area contributed by atoms with Gasteiger partial charge in [0.15, 0.2) is 5.82 Å². The van der Waals surface area contributed by atoms with Gasteiger partial charge in [0.05, 0.1) is 31.5 Å². The van der Waals surface area contributed by atoms with Crippen molar-refractivity contribution in [2.45, 2.75) is 25.8 Å². The van der Waals surface area contributed by atoms with Gasteiger partial charge in [0.25, 0.3) is 0 Å². The van der Waals surface area contributed by atoms with E-state index in [9.17, 15) is 13.2 Å². The van der Waals surface area contributed by atoms with E-state index >= 15 is 0 Å². The molecule has 3 aromatic carbocycles. The largest absolute Gasteiger partial charge is 0.497 e. The van der Waals surface area contributed by atoms with E-state index in [0.29, 0.717) is 26.3 Å². The molecule has 37 heavy (non-hydrogen) atoms. The molecule has 6 nitrogen and oxygen atoms in total. The average molecular weight is 508 g/mol. The fraction of sp³-hybridized carbons (Fsp3) is 0.250. The van der Waals surface area contributed by atoms with Gasteiger partial charge in [0, 0.05) is 18.8 Å². The third-order valence-corrected chi connectivity index (χ3v) is 6.35. The Morgan fingerprint density at radius 3 is 2.19 bits per heavy atom. The lowest BCUT2D eigenvalue weighted by Crippen LogP contribution is -2.39. The topological polar surface area (TPSA) is 45.6 Å². The second-order valence-corrected chi connectivity index (χ2v) is 9.20. The first kappa shape index (κ1) is 24.7. The number of aromatic nitrogens is 2. The number of benzene rings is 3. The zero-order chi connectivity index (χ0) is 26.0. The van der Waals surface area contributed by atoms with Gasteiger partial charge >= 0.3 is 6.18 Å². The fourth-order valence-electron chi connectivity index (χ4n) is 4.53. The van der Waals surface area contributed by atoms with Crippen molar-refractivity contribution in [2.75, 3.05) is 31.0 Å². The third-order valence-electron chi connectivity index (χ3n) is 6.35. The summed E-state index contributed by atoms with van der Waals surface area (Å²) in [7, 11) is 3.70. The maximum absolute atomic E-state index is 13.1. The monoisotopic (exact) mass is 507 g/mol. The van der Waals surface area contributed by atoms with Crippen molar-refractivity contribution >= 4 is 17.3 Å². The van der Waals surface area contributed by atoms with Crippen LogP contribution in [0.4, 0.5) is 30.5 Å². The number of hydrogen-bond acceptors (Lipinski definition) is 5. The summed E-state index contributed by atoms with van der Waals surface area (Å²) in [6, 6.07) is 23.0. The molecule has 0 atom stereocenters. The summed E-state index contributed by atoms with van der Waals surface area (Å²) in [5, 5.41) is 8.47. The predicted octanol–water partition coefficient (Wildman–Crippen LogP) is 6.11. The number of fused-ring (bicyclic) bond motifs is 1. The zero-order valence-corrected chi connectivity index (χ0v) is 20.7. The van der Waals surface area contributed by atoms with E-state index in [1.807, 2.05) is 59.3 Å². The van der Waals surface area contributed by atoms with Crippen LogP contribution in [0.15, 0.2) is 78.9 Å². The van der Waals surface area contributed by atoms with Crippen molar-refractivity contribution in [1.29, 1.82) is 0 Å². The minimum absolute atomic E-state index is 0.334. The van der Waals surface area contributed by atoms with Crippen LogP contribution in [0.3, 0.4) is 0 Å². The molecule has 0 radical (unpaired) electrons. The molecular formula is C28H28F3N5O. The lowest BCUT2D eigenvalue weighted by atomic mass is 10.1. The molecule has 0 bridgehead atoms. The van der Waals surface area contributed by atoms with Crippen molar-refractivity contribution in [3.8, 4) is 5.75 Å². The van der Waals surface area contributed by atoms with Gasteiger partial charge in [-0.1, -0.05) is 42.5 Å². The molecular weight excluding hydrogens is 479 g/mol. The molecule has 2 heterocycles. The van der Waals surface area contributed by atoms with Crippen LogP contribution in [-0.4, -0.2) is 35.5 Å². The van der Waals surface area contributed by atoms with E-state index in [4.69, 9.17) is 9.84 Å². The minimum Gasteiger partial charge on any atom is -0.497 e. The van der Waals surface area contributed by atoms with Crippen molar-refractivity contribution in [3.63, 3.8) is 0 Å². The SMILES string of the molecule is COc1ccc(CN2CN(C)Cc3c2nn(Cc2ccc(C(F)(F)F)cc2)c3Nc2ccccc2)cc1. The summed E-state index contributed by atoms with van der Waals surface area (Å²) in [6.45, 7) is 2.38. The van der Waals surface area contributed by atoms with E-state index < -0.39 is 11.7 Å². The highest BCUT2D eigenvalue weighted by Crippen LogP contribution is 2.36. The van der Waals surface area contributed by atoms with Gasteiger partial charge in [-0.25, -0.2) is 4.68 Å². The maximum atomic E-state index is 13.1. The molecule has 1 N–H and O–H groups in total. The van der Waals surface area contributed by atoms with Crippen LogP contribution in [0.5, 0.6) is 5.75 Å². The summed E-state index contributed by atoms with van der Waals surface area (Å²) in [4.78, 5) is 4.42. The van der Waals surface area contributed by atoms with Crippen LogP contribution < -0.4 is 15.0 Å². The molecule has 0 spiro atoms. The summed E-state index contributed by atoms with van der Waals surface area (Å²) in [5.41, 5.74) is 3.15.